The van der Waals surface area contributed by atoms with Crippen LogP contribution in [0.4, 0.5) is 0 Å². The first kappa shape index (κ1) is 12.4. The predicted octanol–water partition coefficient (Wildman–Crippen LogP) is 4.44. The summed E-state index contributed by atoms with van der Waals surface area (Å²) < 4.78 is 2.26. The average molecular weight is 270 g/mol. The molecule has 0 saturated heterocycles. The number of hydrogen-bond donors (Lipinski definition) is 0. The molecule has 0 saturated carbocycles. The maximum Gasteiger partial charge on any atom is 0.113 e. The van der Waals surface area contributed by atoms with Gasteiger partial charge in [0.25, 0.3) is 0 Å². The van der Waals surface area contributed by atoms with Gasteiger partial charge in [-0.1, -0.05) is 39.0 Å². The highest BCUT2D eigenvalue weighted by molar-refractivity contribution is 7.09. The van der Waals surface area contributed by atoms with Crippen LogP contribution in [0.3, 0.4) is 0 Å². The SMILES string of the molecule is CC(C)(C)c1csc(Cn2ccc3ccccc32)n1. The van der Waals surface area contributed by atoms with Gasteiger partial charge in [-0.2, -0.15) is 0 Å². The van der Waals surface area contributed by atoms with E-state index in [1.165, 1.54) is 21.6 Å². The highest BCUT2D eigenvalue weighted by Gasteiger charge is 2.17. The topological polar surface area (TPSA) is 17.8 Å². The Morgan fingerprint density at radius 1 is 1.16 bits per heavy atom. The Labute approximate surface area is 117 Å². The summed E-state index contributed by atoms with van der Waals surface area (Å²) in [5.41, 5.74) is 2.59. The van der Waals surface area contributed by atoms with E-state index in [1.807, 2.05) is 0 Å². The predicted molar refractivity (Wildman–Crippen MR) is 81.9 cm³/mol. The van der Waals surface area contributed by atoms with E-state index in [0.29, 0.717) is 0 Å². The quantitative estimate of drug-likeness (QED) is 0.673. The zero-order chi connectivity index (χ0) is 13.5. The number of thiazole rings is 1. The van der Waals surface area contributed by atoms with Crippen LogP contribution in [0.2, 0.25) is 0 Å². The van der Waals surface area contributed by atoms with Crippen LogP contribution in [-0.4, -0.2) is 9.55 Å². The normalized spacial score (nSPS) is 12.2. The summed E-state index contributed by atoms with van der Waals surface area (Å²) in [6, 6.07) is 10.6. The van der Waals surface area contributed by atoms with Crippen LogP contribution in [0.25, 0.3) is 10.9 Å². The standard InChI is InChI=1S/C16H18N2S/c1-16(2,3)14-11-19-15(17-14)10-18-9-8-12-6-4-5-7-13(12)18/h4-9,11H,10H2,1-3H3. The lowest BCUT2D eigenvalue weighted by Gasteiger charge is -2.14. The molecule has 0 N–H and O–H groups in total. The third kappa shape index (κ3) is 2.43. The zero-order valence-electron chi connectivity index (χ0n) is 11.6. The van der Waals surface area contributed by atoms with Crippen LogP contribution >= 0.6 is 11.3 Å². The van der Waals surface area contributed by atoms with Gasteiger partial charge in [-0.25, -0.2) is 4.98 Å². The second-order valence-corrected chi connectivity index (χ2v) is 6.82. The second kappa shape index (κ2) is 4.49. The highest BCUT2D eigenvalue weighted by Crippen LogP contribution is 2.25. The lowest BCUT2D eigenvalue weighted by molar-refractivity contribution is 0.570. The van der Waals surface area contributed by atoms with Crippen molar-refractivity contribution in [3.8, 4) is 0 Å². The fourth-order valence-electron chi connectivity index (χ4n) is 2.15. The monoisotopic (exact) mass is 270 g/mol. The molecule has 19 heavy (non-hydrogen) atoms. The molecule has 0 atom stereocenters. The van der Waals surface area contributed by atoms with Crippen molar-refractivity contribution < 1.29 is 0 Å². The summed E-state index contributed by atoms with van der Waals surface area (Å²) in [5.74, 6) is 0. The Bertz CT molecular complexity index is 701. The number of rotatable bonds is 2. The third-order valence-electron chi connectivity index (χ3n) is 3.31. The van der Waals surface area contributed by atoms with Gasteiger partial charge in [-0.05, 0) is 17.5 Å². The van der Waals surface area contributed by atoms with Gasteiger partial charge < -0.3 is 4.57 Å². The van der Waals surface area contributed by atoms with Crippen molar-refractivity contribution in [2.24, 2.45) is 0 Å². The molecular weight excluding hydrogens is 252 g/mol. The summed E-state index contributed by atoms with van der Waals surface area (Å²) in [6.07, 6.45) is 2.14. The van der Waals surface area contributed by atoms with Gasteiger partial charge in [0.05, 0.1) is 12.2 Å². The van der Waals surface area contributed by atoms with E-state index >= 15 is 0 Å². The minimum absolute atomic E-state index is 0.132. The van der Waals surface area contributed by atoms with E-state index in [1.54, 1.807) is 11.3 Å². The van der Waals surface area contributed by atoms with Crippen LogP contribution < -0.4 is 0 Å². The van der Waals surface area contributed by atoms with E-state index < -0.39 is 0 Å². The van der Waals surface area contributed by atoms with E-state index in [4.69, 9.17) is 4.98 Å². The van der Waals surface area contributed by atoms with Crippen molar-refractivity contribution in [1.82, 2.24) is 9.55 Å². The molecule has 0 spiro atoms. The maximum atomic E-state index is 4.76. The summed E-state index contributed by atoms with van der Waals surface area (Å²) >= 11 is 1.75. The van der Waals surface area contributed by atoms with Crippen molar-refractivity contribution in [3.05, 3.63) is 52.6 Å². The van der Waals surface area contributed by atoms with Crippen molar-refractivity contribution in [3.63, 3.8) is 0 Å². The van der Waals surface area contributed by atoms with Crippen molar-refractivity contribution in [2.45, 2.75) is 32.7 Å². The fraction of sp³-hybridized carbons (Fsp3) is 0.312. The van der Waals surface area contributed by atoms with Crippen LogP contribution in [-0.2, 0) is 12.0 Å². The summed E-state index contributed by atoms with van der Waals surface area (Å²) in [6.45, 7) is 7.47. The van der Waals surface area contributed by atoms with Crippen LogP contribution in [0.15, 0.2) is 41.9 Å². The molecule has 0 fully saturated rings. The molecule has 3 aromatic rings. The number of para-hydroxylation sites is 1. The first-order valence-corrected chi connectivity index (χ1v) is 7.41. The van der Waals surface area contributed by atoms with Gasteiger partial charge in [0.2, 0.25) is 0 Å². The molecule has 0 aliphatic heterocycles. The first-order chi connectivity index (χ1) is 9.04. The molecule has 0 amide bonds. The number of fused-ring (bicyclic) bond motifs is 1. The lowest BCUT2D eigenvalue weighted by atomic mass is 9.93. The molecule has 0 bridgehead atoms. The third-order valence-corrected chi connectivity index (χ3v) is 4.14. The Morgan fingerprint density at radius 2 is 1.95 bits per heavy atom. The fourth-order valence-corrected chi connectivity index (χ4v) is 3.17. The minimum atomic E-state index is 0.132. The molecule has 2 nitrogen and oxygen atoms in total. The van der Waals surface area contributed by atoms with Gasteiger partial charge in [0, 0.05) is 22.5 Å². The summed E-state index contributed by atoms with van der Waals surface area (Å²) in [4.78, 5) is 4.76. The first-order valence-electron chi connectivity index (χ1n) is 6.53. The van der Waals surface area contributed by atoms with Crippen molar-refractivity contribution in [2.75, 3.05) is 0 Å². The van der Waals surface area contributed by atoms with Crippen molar-refractivity contribution >= 4 is 22.2 Å². The molecule has 98 valence electrons. The minimum Gasteiger partial charge on any atom is -0.341 e. The smallest absolute Gasteiger partial charge is 0.113 e. The summed E-state index contributed by atoms with van der Waals surface area (Å²) in [7, 11) is 0. The largest absolute Gasteiger partial charge is 0.341 e. The molecule has 3 rings (SSSR count). The number of aromatic nitrogens is 2. The van der Waals surface area contributed by atoms with E-state index in [9.17, 15) is 0 Å². The number of nitrogens with zero attached hydrogens (tertiary/aromatic N) is 2. The maximum absolute atomic E-state index is 4.76. The van der Waals surface area contributed by atoms with Crippen LogP contribution in [0, 0.1) is 0 Å². The van der Waals surface area contributed by atoms with Crippen LogP contribution in [0.5, 0.6) is 0 Å². The Balaban J connectivity index is 1.91. The highest BCUT2D eigenvalue weighted by atomic mass is 32.1. The van der Waals surface area contributed by atoms with E-state index in [2.05, 4.69) is 67.2 Å². The Morgan fingerprint density at radius 3 is 2.68 bits per heavy atom. The van der Waals surface area contributed by atoms with E-state index in [0.717, 1.165) is 6.54 Å². The van der Waals surface area contributed by atoms with Gasteiger partial charge >= 0.3 is 0 Å². The molecule has 3 heteroatoms. The van der Waals surface area contributed by atoms with Gasteiger partial charge in [-0.3, -0.25) is 0 Å². The lowest BCUT2D eigenvalue weighted by Crippen LogP contribution is -2.11. The molecule has 0 unspecified atom stereocenters. The van der Waals surface area contributed by atoms with Crippen LogP contribution in [0.1, 0.15) is 31.5 Å². The Kier molecular flexibility index (Phi) is 2.94. The zero-order valence-corrected chi connectivity index (χ0v) is 12.4. The molecular formula is C16H18N2S. The molecule has 1 aromatic carbocycles. The molecule has 0 radical (unpaired) electrons. The molecule has 2 heterocycles. The average Bonchev–Trinajstić information content (AvgIpc) is 2.97. The number of hydrogen-bond acceptors (Lipinski definition) is 2. The van der Waals surface area contributed by atoms with Gasteiger partial charge in [-0.15, -0.1) is 11.3 Å². The van der Waals surface area contributed by atoms with Gasteiger partial charge in [0.15, 0.2) is 0 Å². The Hall–Kier alpha value is -1.61. The number of benzene rings is 1. The molecule has 0 aliphatic carbocycles. The summed E-state index contributed by atoms with van der Waals surface area (Å²) in [5, 5.41) is 4.64. The second-order valence-electron chi connectivity index (χ2n) is 5.88. The van der Waals surface area contributed by atoms with Gasteiger partial charge in [0.1, 0.15) is 5.01 Å². The van der Waals surface area contributed by atoms with E-state index in [-0.39, 0.29) is 5.41 Å². The molecule has 0 aliphatic rings. The van der Waals surface area contributed by atoms with Crippen molar-refractivity contribution in [1.29, 1.82) is 0 Å². The molecule has 2 aromatic heterocycles.